The minimum atomic E-state index is 1.12. The molecule has 148 heavy (non-hydrogen) atoms. The zero-order chi connectivity index (χ0) is 100. The van der Waals surface area contributed by atoms with Gasteiger partial charge >= 0.3 is 0 Å². The highest BCUT2D eigenvalue weighted by atomic mass is 15.2. The fourth-order valence-corrected chi connectivity index (χ4v) is 19.5. The molecule has 0 bridgehead atoms. The molecule has 0 heterocycles. The van der Waals surface area contributed by atoms with Crippen LogP contribution in [0.5, 0.6) is 0 Å². The lowest BCUT2D eigenvalue weighted by molar-refractivity contribution is 1.20. The zero-order valence-corrected chi connectivity index (χ0v) is 83.3. The molecule has 0 unspecified atom stereocenters. The highest BCUT2D eigenvalue weighted by Gasteiger charge is 2.22. The minimum Gasteiger partial charge on any atom is -0.345 e. The molecule has 712 valence electrons. The second kappa shape index (κ2) is 45.3. The quantitative estimate of drug-likeness (QED) is 0.0591. The average molecular weight is 1910 g/mol. The number of hydrogen-bond donors (Lipinski definition) is 0. The molecule has 0 spiro atoms. The summed E-state index contributed by atoms with van der Waals surface area (Å²) in [6, 6.07) is 215. The topological polar surface area (TPSA) is 25.9 Å². The van der Waals surface area contributed by atoms with Crippen LogP contribution in [0, 0.1) is 0 Å². The first-order valence-electron chi connectivity index (χ1n) is 50.4. The Kier molecular flexibility index (Phi) is 29.1. The number of anilines is 20. The Balaban J connectivity index is 0.000000116. The smallest absolute Gasteiger partial charge is 0.0540 e. The summed E-state index contributed by atoms with van der Waals surface area (Å²) in [6.45, 7) is 0. The molecule has 0 saturated carbocycles. The maximum atomic E-state index is 2.34. The summed E-state index contributed by atoms with van der Waals surface area (Å²) in [4.78, 5) is 18.2. The van der Waals surface area contributed by atoms with Gasteiger partial charge in [0.25, 0.3) is 0 Å². The van der Waals surface area contributed by atoms with Crippen LogP contribution in [0.3, 0.4) is 0 Å². The summed E-state index contributed by atoms with van der Waals surface area (Å²) >= 11 is 0. The van der Waals surface area contributed by atoms with E-state index in [0.717, 1.165) is 79.6 Å². The Bertz CT molecular complexity index is 8410. The van der Waals surface area contributed by atoms with Crippen LogP contribution < -0.4 is 39.2 Å². The van der Waals surface area contributed by atoms with Gasteiger partial charge in [-0.05, 0) is 296 Å². The van der Waals surface area contributed by atoms with E-state index in [4.69, 9.17) is 0 Å². The molecule has 24 aromatic rings. The van der Waals surface area contributed by atoms with E-state index in [1.54, 1.807) is 0 Å². The van der Waals surface area contributed by atoms with Crippen LogP contribution in [-0.4, -0.2) is 28.2 Å². The van der Waals surface area contributed by atoms with Crippen molar-refractivity contribution in [1.82, 2.24) is 0 Å². The van der Waals surface area contributed by atoms with E-state index < -0.39 is 0 Å². The third kappa shape index (κ3) is 21.7. The van der Waals surface area contributed by atoms with Gasteiger partial charge in [-0.2, -0.15) is 0 Å². The van der Waals surface area contributed by atoms with Crippen LogP contribution in [-0.2, 0) is 0 Å². The lowest BCUT2D eigenvalue weighted by Gasteiger charge is -2.27. The standard InChI is InChI=1S/C39H30N2.2C35H28N2.C31H26N2/c1-40(38-19-9-13-31-11-5-7-17-36(31)38)33-25-21-29(22-26-33)30-23-27-35(28-24-30)41(34-15-3-2-4-16-34)39-20-10-14-32-12-6-8-18-37(32)39;1-36(30-13-4-2-5-14-30)31-23-19-27(20-24-31)28-21-25-33(26-22-28)37(32-15-6-3-7-16-32)35-18-10-12-29-11-8-9-17-34(29)35;1-36(31-12-4-2-5-13-31)32-21-16-28(17-22-32)29-18-23-34(24-19-29)37(33-14-6-3-7-15-33)35-25-20-27-10-8-9-11-30(27)26-35;1-32(27-13-7-3-8-14-27)28-21-23-31(24-22-28)33(29-15-9-4-10-16-29)30-19-17-26(18-20-30)25-11-5-2-6-12-25/h2-28H,1H3;2*2-26H,1H3;2-24H,1H3. The number of fused-ring (bicyclic) bond motifs is 4. The van der Waals surface area contributed by atoms with Crippen molar-refractivity contribution in [2.45, 2.75) is 0 Å². The molecular weight excluding hydrogens is 1790 g/mol. The Morgan fingerprint density at radius 3 is 0.588 bits per heavy atom. The van der Waals surface area contributed by atoms with Gasteiger partial charge in [0.05, 0.1) is 11.4 Å². The van der Waals surface area contributed by atoms with Crippen molar-refractivity contribution in [3.8, 4) is 44.5 Å². The fraction of sp³-hybridized carbons (Fsp3) is 0.0286. The molecule has 0 N–H and O–H groups in total. The molecule has 0 radical (unpaired) electrons. The average Bonchev–Trinajstić information content (AvgIpc) is 0.767. The summed E-state index contributed by atoms with van der Waals surface area (Å²) in [5.41, 5.74) is 32.7. The second-order valence-electron chi connectivity index (χ2n) is 36.7. The predicted octanol–water partition coefficient (Wildman–Crippen LogP) is 39.0. The Morgan fingerprint density at radius 2 is 0.277 bits per heavy atom. The fourth-order valence-electron chi connectivity index (χ4n) is 19.5. The number of rotatable bonds is 24. The molecule has 0 aliphatic carbocycles. The van der Waals surface area contributed by atoms with Crippen molar-refractivity contribution in [2.75, 3.05) is 67.4 Å². The molecule has 0 atom stereocenters. The lowest BCUT2D eigenvalue weighted by atomic mass is 10.0. The van der Waals surface area contributed by atoms with E-state index >= 15 is 0 Å². The van der Waals surface area contributed by atoms with Crippen LogP contribution in [0.4, 0.5) is 114 Å². The SMILES string of the molecule is CN(c1ccc(-c2ccc(N(c3ccccc3)c3cccc4ccccc34)cc2)cc1)c1cccc2ccccc12.CN(c1ccccc1)c1ccc(-c2ccc(N(c3ccccc3)c3ccc4ccccc4c3)cc2)cc1.CN(c1ccccc1)c1ccc(-c2ccc(N(c3ccccc3)c3cccc4ccccc34)cc2)cc1.CN(c1ccccc1)c1ccc(N(c2ccccc2)c2ccc(-c3ccccc3)cc2)cc1. The van der Waals surface area contributed by atoms with E-state index in [1.165, 1.54) is 122 Å². The molecule has 0 saturated heterocycles. The first-order chi connectivity index (χ1) is 73.1. The van der Waals surface area contributed by atoms with E-state index in [9.17, 15) is 0 Å². The van der Waals surface area contributed by atoms with E-state index in [2.05, 4.69) is 650 Å². The van der Waals surface area contributed by atoms with Crippen molar-refractivity contribution in [2.24, 2.45) is 0 Å². The molecule has 24 rings (SSSR count). The summed E-state index contributed by atoms with van der Waals surface area (Å²) in [5, 5.41) is 9.92. The molecule has 8 heteroatoms. The van der Waals surface area contributed by atoms with Crippen LogP contribution >= 0.6 is 0 Å². The minimum absolute atomic E-state index is 1.12. The van der Waals surface area contributed by atoms with E-state index in [1.807, 2.05) is 24.3 Å². The highest BCUT2D eigenvalue weighted by molar-refractivity contribution is 6.02. The highest BCUT2D eigenvalue weighted by Crippen LogP contribution is 2.46. The van der Waals surface area contributed by atoms with Crippen molar-refractivity contribution in [3.63, 3.8) is 0 Å². The van der Waals surface area contributed by atoms with E-state index in [0.29, 0.717) is 0 Å². The predicted molar refractivity (Wildman–Crippen MR) is 634 cm³/mol. The van der Waals surface area contributed by atoms with Gasteiger partial charge < -0.3 is 39.2 Å². The Labute approximate surface area is 869 Å². The molecular formula is C140H112N8. The van der Waals surface area contributed by atoms with E-state index in [-0.39, 0.29) is 0 Å². The van der Waals surface area contributed by atoms with Gasteiger partial charge in [0.1, 0.15) is 0 Å². The van der Waals surface area contributed by atoms with Gasteiger partial charge in [0.15, 0.2) is 0 Å². The molecule has 24 aromatic carbocycles. The van der Waals surface area contributed by atoms with Gasteiger partial charge in [-0.1, -0.05) is 382 Å². The van der Waals surface area contributed by atoms with Crippen LogP contribution in [0.2, 0.25) is 0 Å². The molecule has 0 aliphatic heterocycles. The largest absolute Gasteiger partial charge is 0.345 e. The van der Waals surface area contributed by atoms with Crippen molar-refractivity contribution in [1.29, 1.82) is 0 Å². The Morgan fingerprint density at radius 1 is 0.101 bits per heavy atom. The number of nitrogens with zero attached hydrogens (tertiary/aromatic N) is 8. The normalized spacial score (nSPS) is 10.8. The molecule has 0 aromatic heterocycles. The Hall–Kier alpha value is -19.3. The van der Waals surface area contributed by atoms with Crippen molar-refractivity contribution >= 4 is 157 Å². The summed E-state index contributed by atoms with van der Waals surface area (Å²) in [5.74, 6) is 0. The molecule has 8 nitrogen and oxygen atoms in total. The molecule has 0 amide bonds. The van der Waals surface area contributed by atoms with Gasteiger partial charge in [-0.3, -0.25) is 0 Å². The van der Waals surface area contributed by atoms with Crippen molar-refractivity contribution < 1.29 is 0 Å². The van der Waals surface area contributed by atoms with Crippen LogP contribution in [0.1, 0.15) is 0 Å². The summed E-state index contributed by atoms with van der Waals surface area (Å²) in [6.07, 6.45) is 0. The summed E-state index contributed by atoms with van der Waals surface area (Å²) < 4.78 is 0. The number of benzene rings is 24. The monoisotopic (exact) mass is 1900 g/mol. The third-order valence-corrected chi connectivity index (χ3v) is 27.5. The summed E-state index contributed by atoms with van der Waals surface area (Å²) in [7, 11) is 8.44. The maximum absolute atomic E-state index is 2.34. The first-order valence-corrected chi connectivity index (χ1v) is 50.4. The first kappa shape index (κ1) is 94.9. The number of hydrogen-bond acceptors (Lipinski definition) is 8. The molecule has 0 aliphatic rings. The number of para-hydroxylation sites is 7. The third-order valence-electron chi connectivity index (χ3n) is 27.5. The van der Waals surface area contributed by atoms with Gasteiger partial charge in [0, 0.05) is 147 Å². The molecule has 0 fully saturated rings. The van der Waals surface area contributed by atoms with Crippen LogP contribution in [0.15, 0.2) is 607 Å². The van der Waals surface area contributed by atoms with Crippen molar-refractivity contribution in [3.05, 3.63) is 607 Å². The van der Waals surface area contributed by atoms with Crippen LogP contribution in [0.25, 0.3) is 87.6 Å². The maximum Gasteiger partial charge on any atom is 0.0540 e. The van der Waals surface area contributed by atoms with Gasteiger partial charge in [-0.15, -0.1) is 0 Å². The van der Waals surface area contributed by atoms with Gasteiger partial charge in [0.2, 0.25) is 0 Å². The van der Waals surface area contributed by atoms with Gasteiger partial charge in [-0.25, -0.2) is 0 Å². The second-order valence-corrected chi connectivity index (χ2v) is 36.7. The zero-order valence-electron chi connectivity index (χ0n) is 83.3. The lowest BCUT2D eigenvalue weighted by Crippen LogP contribution is -2.11.